The number of carbonyl (C=O) groups is 2. The van der Waals surface area contributed by atoms with E-state index in [0.29, 0.717) is 0 Å². The van der Waals surface area contributed by atoms with Gasteiger partial charge >= 0.3 is 11.9 Å². The van der Waals surface area contributed by atoms with Gasteiger partial charge in [0.05, 0.1) is 24.0 Å². The summed E-state index contributed by atoms with van der Waals surface area (Å²) >= 11 is 0. The van der Waals surface area contributed by atoms with E-state index < -0.39 is 0 Å². The number of hydrogen-bond donors (Lipinski definition) is 0. The minimum absolute atomic E-state index is 0.186. The van der Waals surface area contributed by atoms with Crippen molar-refractivity contribution in [3.05, 3.63) is 0 Å². The molecule has 6 atom stereocenters. The van der Waals surface area contributed by atoms with Crippen LogP contribution in [0.15, 0.2) is 0 Å². The first-order valence-electron chi connectivity index (χ1n) is 5.68. The maximum absolute atomic E-state index is 11.6. The van der Waals surface area contributed by atoms with Gasteiger partial charge in [0.2, 0.25) is 0 Å². The standard InChI is InChI=1S/C11H12O4/c12-10-6-4-2-1-3-5(9-8(4)14-9)7(6)11(13)15-10/h4-9H,1-3H2/t4-,5-,6-,7-,8-,9-/m1/s1. The van der Waals surface area contributed by atoms with Crippen molar-refractivity contribution >= 4 is 11.9 Å². The molecule has 0 aromatic rings. The molecule has 2 bridgehead atoms. The second-order valence-corrected chi connectivity index (χ2v) is 5.12. The summed E-state index contributed by atoms with van der Waals surface area (Å²) in [6, 6.07) is 0. The van der Waals surface area contributed by atoms with Crippen molar-refractivity contribution in [2.45, 2.75) is 31.5 Å². The first kappa shape index (κ1) is 8.28. The van der Waals surface area contributed by atoms with Gasteiger partial charge in [0.25, 0.3) is 0 Å². The Bertz CT molecular complexity index is 332. The van der Waals surface area contributed by atoms with Gasteiger partial charge in [-0.3, -0.25) is 9.59 Å². The van der Waals surface area contributed by atoms with Crippen LogP contribution in [0.2, 0.25) is 0 Å². The number of fused-ring (bicyclic) bond motifs is 2. The molecule has 5 rings (SSSR count). The fourth-order valence-electron chi connectivity index (χ4n) is 3.92. The van der Waals surface area contributed by atoms with E-state index in [0.717, 1.165) is 19.3 Å². The van der Waals surface area contributed by atoms with Crippen LogP contribution < -0.4 is 0 Å². The minimum Gasteiger partial charge on any atom is -0.393 e. The third-order valence-electron chi connectivity index (χ3n) is 4.54. The minimum atomic E-state index is -0.296. The summed E-state index contributed by atoms with van der Waals surface area (Å²) in [7, 11) is 0. The van der Waals surface area contributed by atoms with Crippen LogP contribution in [-0.2, 0) is 19.1 Å². The Balaban J connectivity index is 1.83. The molecule has 15 heavy (non-hydrogen) atoms. The second-order valence-electron chi connectivity index (χ2n) is 5.12. The summed E-state index contributed by atoms with van der Waals surface area (Å²) in [5.41, 5.74) is 0. The summed E-state index contributed by atoms with van der Waals surface area (Å²) in [5, 5.41) is 0. The third kappa shape index (κ3) is 0.869. The zero-order chi connectivity index (χ0) is 10.2. The summed E-state index contributed by atoms with van der Waals surface area (Å²) < 4.78 is 10.4. The van der Waals surface area contributed by atoms with Crippen LogP contribution in [0.3, 0.4) is 0 Å². The first-order valence-corrected chi connectivity index (χ1v) is 5.68. The van der Waals surface area contributed by atoms with Crippen LogP contribution in [0.1, 0.15) is 19.3 Å². The number of hydrogen-bond acceptors (Lipinski definition) is 4. The molecule has 2 aliphatic heterocycles. The molecule has 80 valence electrons. The van der Waals surface area contributed by atoms with E-state index in [-0.39, 0.29) is 47.8 Å². The predicted molar refractivity (Wildman–Crippen MR) is 47.6 cm³/mol. The molecule has 0 amide bonds. The first-order chi connectivity index (χ1) is 7.27. The molecule has 3 saturated carbocycles. The van der Waals surface area contributed by atoms with Crippen molar-refractivity contribution < 1.29 is 19.1 Å². The van der Waals surface area contributed by atoms with Crippen LogP contribution in [-0.4, -0.2) is 24.1 Å². The zero-order valence-electron chi connectivity index (χ0n) is 8.22. The van der Waals surface area contributed by atoms with Crippen molar-refractivity contribution in [2.75, 3.05) is 0 Å². The molecule has 5 fully saturated rings. The fraction of sp³-hybridized carbons (Fsp3) is 0.818. The van der Waals surface area contributed by atoms with E-state index in [4.69, 9.17) is 9.47 Å². The molecule has 0 N–H and O–H groups in total. The van der Waals surface area contributed by atoms with Crippen LogP contribution >= 0.6 is 0 Å². The topological polar surface area (TPSA) is 55.9 Å². The lowest BCUT2D eigenvalue weighted by atomic mass is 9.69. The van der Waals surface area contributed by atoms with Gasteiger partial charge in [-0.15, -0.1) is 0 Å². The molecule has 0 radical (unpaired) electrons. The molecule has 4 heteroatoms. The van der Waals surface area contributed by atoms with E-state index in [2.05, 4.69) is 0 Å². The Morgan fingerprint density at radius 3 is 2.00 bits per heavy atom. The number of epoxide rings is 1. The van der Waals surface area contributed by atoms with Crippen molar-refractivity contribution in [1.29, 1.82) is 0 Å². The molecular weight excluding hydrogens is 196 g/mol. The van der Waals surface area contributed by atoms with Gasteiger partial charge in [0.1, 0.15) is 0 Å². The summed E-state index contributed by atoms with van der Waals surface area (Å²) in [5.74, 6) is -0.468. The third-order valence-corrected chi connectivity index (χ3v) is 4.54. The van der Waals surface area contributed by atoms with Crippen molar-refractivity contribution in [3.63, 3.8) is 0 Å². The van der Waals surface area contributed by atoms with Crippen molar-refractivity contribution in [3.8, 4) is 0 Å². The van der Waals surface area contributed by atoms with Gasteiger partial charge in [0.15, 0.2) is 0 Å². The van der Waals surface area contributed by atoms with Gasteiger partial charge in [-0.1, -0.05) is 6.42 Å². The largest absolute Gasteiger partial charge is 0.393 e. The lowest BCUT2D eigenvalue weighted by Gasteiger charge is -2.27. The van der Waals surface area contributed by atoms with E-state index in [1.165, 1.54) is 0 Å². The number of carbonyl (C=O) groups excluding carboxylic acids is 2. The molecule has 0 aromatic heterocycles. The van der Waals surface area contributed by atoms with E-state index in [1.54, 1.807) is 0 Å². The monoisotopic (exact) mass is 208 g/mol. The van der Waals surface area contributed by atoms with Crippen LogP contribution in [0, 0.1) is 23.7 Å². The number of ether oxygens (including phenoxy) is 2. The normalized spacial score (nSPS) is 55.7. The molecule has 4 nitrogen and oxygen atoms in total. The van der Waals surface area contributed by atoms with Gasteiger partial charge in [0, 0.05) is 11.8 Å². The molecule has 0 aromatic carbocycles. The molecule has 2 saturated heterocycles. The average Bonchev–Trinajstić information content (AvgIpc) is 2.96. The molecular formula is C11H12O4. The lowest BCUT2D eigenvalue weighted by Crippen LogP contribution is -2.39. The van der Waals surface area contributed by atoms with Crippen LogP contribution in [0.5, 0.6) is 0 Å². The van der Waals surface area contributed by atoms with E-state index >= 15 is 0 Å². The highest BCUT2D eigenvalue weighted by Crippen LogP contribution is 2.58. The maximum Gasteiger partial charge on any atom is 0.317 e. The summed E-state index contributed by atoms with van der Waals surface area (Å²) in [6.07, 6.45) is 3.65. The number of cyclic esters (lactones) is 2. The molecule has 5 aliphatic rings. The zero-order valence-corrected chi connectivity index (χ0v) is 8.22. The molecule has 0 unspecified atom stereocenters. The quantitative estimate of drug-likeness (QED) is 0.330. The van der Waals surface area contributed by atoms with E-state index in [1.807, 2.05) is 0 Å². The maximum atomic E-state index is 11.6. The Hall–Kier alpha value is -0.900. The van der Waals surface area contributed by atoms with Gasteiger partial charge < -0.3 is 9.47 Å². The van der Waals surface area contributed by atoms with Gasteiger partial charge in [-0.05, 0) is 12.8 Å². The highest BCUT2D eigenvalue weighted by Gasteiger charge is 2.68. The van der Waals surface area contributed by atoms with Gasteiger partial charge in [-0.2, -0.15) is 0 Å². The predicted octanol–water partition coefficient (Wildman–Crippen LogP) is 0.499. The molecule has 3 aliphatic carbocycles. The molecule has 2 heterocycles. The lowest BCUT2D eigenvalue weighted by molar-refractivity contribution is -0.154. The Labute approximate surface area is 86.9 Å². The Morgan fingerprint density at radius 2 is 1.47 bits per heavy atom. The highest BCUT2D eigenvalue weighted by molar-refractivity contribution is 5.97. The van der Waals surface area contributed by atoms with Crippen molar-refractivity contribution in [1.82, 2.24) is 0 Å². The average molecular weight is 208 g/mol. The second kappa shape index (κ2) is 2.43. The van der Waals surface area contributed by atoms with E-state index in [9.17, 15) is 9.59 Å². The Kier molecular flexibility index (Phi) is 1.34. The summed E-state index contributed by atoms with van der Waals surface area (Å²) in [6.45, 7) is 0. The van der Waals surface area contributed by atoms with Crippen LogP contribution in [0.25, 0.3) is 0 Å². The van der Waals surface area contributed by atoms with Gasteiger partial charge in [-0.25, -0.2) is 0 Å². The SMILES string of the molecule is O=C1OC(=O)[C@@H]2[C@H]3CCC[C@@H]([C@H]4O[C@H]34)[C@@H]12. The highest BCUT2D eigenvalue weighted by atomic mass is 16.6. The molecule has 0 spiro atoms. The number of rotatable bonds is 0. The smallest absolute Gasteiger partial charge is 0.317 e. The summed E-state index contributed by atoms with van der Waals surface area (Å²) in [4.78, 5) is 23.3. The number of esters is 2. The van der Waals surface area contributed by atoms with Crippen molar-refractivity contribution in [2.24, 2.45) is 23.7 Å². The van der Waals surface area contributed by atoms with Crippen LogP contribution in [0.4, 0.5) is 0 Å². The Morgan fingerprint density at radius 1 is 0.933 bits per heavy atom. The fourth-order valence-corrected chi connectivity index (χ4v) is 3.92.